The zero-order valence-electron chi connectivity index (χ0n) is 13.9. The van der Waals surface area contributed by atoms with Gasteiger partial charge in [0.25, 0.3) is 0 Å². The van der Waals surface area contributed by atoms with E-state index in [0.717, 1.165) is 43.3 Å². The van der Waals surface area contributed by atoms with Crippen LogP contribution in [0.4, 0.5) is 0 Å². The van der Waals surface area contributed by atoms with E-state index in [1.165, 1.54) is 25.9 Å². The molecule has 4 nitrogen and oxygen atoms in total. The highest BCUT2D eigenvalue weighted by molar-refractivity contribution is 5.26. The van der Waals surface area contributed by atoms with Crippen molar-refractivity contribution in [3.63, 3.8) is 0 Å². The minimum Gasteiger partial charge on any atom is -0.497 e. The van der Waals surface area contributed by atoms with E-state index in [9.17, 15) is 0 Å². The molecule has 21 heavy (non-hydrogen) atoms. The summed E-state index contributed by atoms with van der Waals surface area (Å²) in [5, 5.41) is 6.20. The normalized spacial score (nSPS) is 18.0. The van der Waals surface area contributed by atoms with Gasteiger partial charge >= 0.3 is 0 Å². The summed E-state index contributed by atoms with van der Waals surface area (Å²) in [6.45, 7) is 12.2. The van der Waals surface area contributed by atoms with Gasteiger partial charge in [-0.1, -0.05) is 26.5 Å². The first kappa shape index (κ1) is 17.6. The van der Waals surface area contributed by atoms with E-state index in [1.807, 2.05) is 20.9 Å². The maximum absolute atomic E-state index is 5.88. The third kappa shape index (κ3) is 6.71. The second-order valence-electron chi connectivity index (χ2n) is 5.06. The summed E-state index contributed by atoms with van der Waals surface area (Å²) < 4.78 is 5.88. The molecule has 1 fully saturated rings. The Morgan fingerprint density at radius 3 is 2.71 bits per heavy atom. The second-order valence-corrected chi connectivity index (χ2v) is 5.06. The Bertz CT molecular complexity index is 368. The fourth-order valence-corrected chi connectivity index (χ4v) is 2.42. The minimum absolute atomic E-state index is 0.798. The van der Waals surface area contributed by atoms with Gasteiger partial charge < -0.3 is 15.4 Å². The Balaban J connectivity index is 0.00000106. The molecule has 0 radical (unpaired) electrons. The topological polar surface area (TPSA) is 36.5 Å². The van der Waals surface area contributed by atoms with Crippen molar-refractivity contribution in [3.8, 4) is 0 Å². The maximum Gasteiger partial charge on any atom is 0.100 e. The summed E-state index contributed by atoms with van der Waals surface area (Å²) in [5.41, 5.74) is 1.07. The van der Waals surface area contributed by atoms with Crippen LogP contribution in [0.25, 0.3) is 0 Å². The number of nitrogens with one attached hydrogen (secondary N) is 2. The molecule has 1 aliphatic carbocycles. The van der Waals surface area contributed by atoms with Crippen molar-refractivity contribution in [3.05, 3.63) is 36.0 Å². The van der Waals surface area contributed by atoms with Gasteiger partial charge in [-0.25, -0.2) is 0 Å². The van der Waals surface area contributed by atoms with E-state index in [0.29, 0.717) is 0 Å². The zero-order chi connectivity index (χ0) is 15.5. The predicted octanol–water partition coefficient (Wildman–Crippen LogP) is 2.97. The van der Waals surface area contributed by atoms with Crippen molar-refractivity contribution in [2.45, 2.75) is 39.5 Å². The highest BCUT2D eigenvalue weighted by Crippen LogP contribution is 2.17. The molecule has 4 heteroatoms. The van der Waals surface area contributed by atoms with E-state index < -0.39 is 0 Å². The Hall–Kier alpha value is -1.42. The molecule has 0 amide bonds. The number of nitrogens with zero attached hydrogens (tertiary/aromatic N) is 1. The third-order valence-corrected chi connectivity index (χ3v) is 3.56. The van der Waals surface area contributed by atoms with Gasteiger partial charge in [-0.2, -0.15) is 0 Å². The summed E-state index contributed by atoms with van der Waals surface area (Å²) >= 11 is 0. The van der Waals surface area contributed by atoms with Gasteiger partial charge in [-0.3, -0.25) is 4.90 Å². The molecule has 2 aliphatic rings. The maximum atomic E-state index is 5.88. The molecule has 120 valence electrons. The van der Waals surface area contributed by atoms with Crippen LogP contribution in [0.3, 0.4) is 0 Å². The van der Waals surface area contributed by atoms with Gasteiger partial charge in [0, 0.05) is 25.7 Å². The molecule has 0 bridgehead atoms. The Morgan fingerprint density at radius 2 is 2.05 bits per heavy atom. The number of hydrogen-bond acceptors (Lipinski definition) is 4. The summed E-state index contributed by atoms with van der Waals surface area (Å²) in [6.07, 6.45) is 8.95. The minimum atomic E-state index is 0.798. The van der Waals surface area contributed by atoms with Crippen molar-refractivity contribution in [2.24, 2.45) is 0 Å². The number of hydrogen-bond donors (Lipinski definition) is 2. The predicted molar refractivity (Wildman–Crippen MR) is 89.7 cm³/mol. The molecule has 0 spiro atoms. The smallest absolute Gasteiger partial charge is 0.100 e. The molecule has 1 saturated heterocycles. The SMILES string of the molecule is C=C(NC)NC1=CCCC(OCCN2CCCC2)=C1.CC. The molecule has 0 aromatic rings. The van der Waals surface area contributed by atoms with Crippen LogP contribution >= 0.6 is 0 Å². The van der Waals surface area contributed by atoms with Crippen LogP contribution in [-0.4, -0.2) is 38.2 Å². The fraction of sp³-hybridized carbons (Fsp3) is 0.647. The lowest BCUT2D eigenvalue weighted by atomic mass is 10.1. The molecular formula is C17H31N3O. The molecular weight excluding hydrogens is 262 g/mol. The van der Waals surface area contributed by atoms with E-state index in [1.54, 1.807) is 0 Å². The molecule has 2 N–H and O–H groups in total. The molecule has 0 aromatic heterocycles. The lowest BCUT2D eigenvalue weighted by Gasteiger charge is -2.19. The Kier molecular flexibility index (Phi) is 8.67. The van der Waals surface area contributed by atoms with Crippen LogP contribution in [0.2, 0.25) is 0 Å². The summed E-state index contributed by atoms with van der Waals surface area (Å²) in [4.78, 5) is 2.47. The van der Waals surface area contributed by atoms with Crippen molar-refractivity contribution in [1.29, 1.82) is 0 Å². The molecule has 2 rings (SSSR count). The largest absolute Gasteiger partial charge is 0.497 e. The van der Waals surface area contributed by atoms with Gasteiger partial charge in [0.2, 0.25) is 0 Å². The number of ether oxygens (including phenoxy) is 1. The van der Waals surface area contributed by atoms with Crippen molar-refractivity contribution in [1.82, 2.24) is 15.5 Å². The first-order chi connectivity index (χ1) is 10.3. The van der Waals surface area contributed by atoms with E-state index >= 15 is 0 Å². The third-order valence-electron chi connectivity index (χ3n) is 3.56. The van der Waals surface area contributed by atoms with Crippen molar-refractivity contribution >= 4 is 0 Å². The molecule has 1 aliphatic heterocycles. The second kappa shape index (κ2) is 10.3. The van der Waals surface area contributed by atoms with Gasteiger partial charge in [-0.05, 0) is 38.4 Å². The van der Waals surface area contributed by atoms with Crippen LogP contribution < -0.4 is 10.6 Å². The number of rotatable bonds is 7. The highest BCUT2D eigenvalue weighted by Gasteiger charge is 2.12. The van der Waals surface area contributed by atoms with Crippen LogP contribution in [0.5, 0.6) is 0 Å². The van der Waals surface area contributed by atoms with Gasteiger partial charge in [0.05, 0.1) is 11.6 Å². The zero-order valence-corrected chi connectivity index (χ0v) is 13.9. The Morgan fingerprint density at radius 1 is 1.33 bits per heavy atom. The highest BCUT2D eigenvalue weighted by atomic mass is 16.5. The van der Waals surface area contributed by atoms with E-state index in [-0.39, 0.29) is 0 Å². The van der Waals surface area contributed by atoms with Crippen LogP contribution in [0, 0.1) is 0 Å². The molecule has 1 heterocycles. The average molecular weight is 293 g/mol. The summed E-state index contributed by atoms with van der Waals surface area (Å²) in [6, 6.07) is 0. The van der Waals surface area contributed by atoms with E-state index in [4.69, 9.17) is 4.74 Å². The first-order valence-electron chi connectivity index (χ1n) is 8.17. The van der Waals surface area contributed by atoms with Crippen LogP contribution in [-0.2, 0) is 4.74 Å². The van der Waals surface area contributed by atoms with Gasteiger partial charge in [0.15, 0.2) is 0 Å². The average Bonchev–Trinajstić information content (AvgIpc) is 3.03. The molecule has 0 atom stereocenters. The lowest BCUT2D eigenvalue weighted by Crippen LogP contribution is -2.24. The fourth-order valence-electron chi connectivity index (χ4n) is 2.42. The van der Waals surface area contributed by atoms with Crippen molar-refractivity contribution < 1.29 is 4.74 Å². The Labute approximate surface area is 129 Å². The van der Waals surface area contributed by atoms with Crippen molar-refractivity contribution in [2.75, 3.05) is 33.3 Å². The van der Waals surface area contributed by atoms with Gasteiger partial charge in [-0.15, -0.1) is 0 Å². The molecule has 0 unspecified atom stereocenters. The molecule has 0 aromatic carbocycles. The van der Waals surface area contributed by atoms with E-state index in [2.05, 4.69) is 34.3 Å². The summed E-state index contributed by atoms with van der Waals surface area (Å²) in [5.74, 6) is 1.88. The lowest BCUT2D eigenvalue weighted by molar-refractivity contribution is 0.164. The quantitative estimate of drug-likeness (QED) is 0.756. The number of likely N-dealkylation sites (tertiary alicyclic amines) is 1. The van der Waals surface area contributed by atoms with Crippen LogP contribution in [0.15, 0.2) is 36.0 Å². The molecule has 0 saturated carbocycles. The first-order valence-corrected chi connectivity index (χ1v) is 8.17. The number of allylic oxidation sites excluding steroid dienone is 3. The standard InChI is InChI=1S/C15H25N3O.C2H6/c1-13(16-2)17-14-6-5-7-15(12-14)19-11-10-18-8-3-4-9-18;1-2/h6,12,16-17H,1,3-5,7-11H2,2H3;1-2H3. The van der Waals surface area contributed by atoms with Gasteiger partial charge in [0.1, 0.15) is 6.61 Å². The monoisotopic (exact) mass is 293 g/mol. The van der Waals surface area contributed by atoms with Crippen LogP contribution in [0.1, 0.15) is 39.5 Å². The summed E-state index contributed by atoms with van der Waals surface area (Å²) in [7, 11) is 1.86.